The van der Waals surface area contributed by atoms with Crippen molar-refractivity contribution in [3.8, 4) is 21.7 Å². The maximum atomic E-state index is 12.9. The van der Waals surface area contributed by atoms with Gasteiger partial charge in [-0.15, -0.1) is 16.1 Å². The zero-order chi connectivity index (χ0) is 16.5. The second-order valence-corrected chi connectivity index (χ2v) is 6.34. The van der Waals surface area contributed by atoms with Crippen LogP contribution in [-0.4, -0.2) is 11.8 Å². The number of pyridine rings is 1. The van der Waals surface area contributed by atoms with Gasteiger partial charge in [0.05, 0.1) is 5.39 Å². The molecule has 0 atom stereocenters. The lowest BCUT2D eigenvalue weighted by Gasteiger charge is -2.18. The first-order valence-corrected chi connectivity index (χ1v) is 8.51. The minimum Gasteiger partial charge on any atom is -0.413 e. The Labute approximate surface area is 143 Å². The van der Waals surface area contributed by atoms with Crippen molar-refractivity contribution >= 4 is 22.1 Å². The summed E-state index contributed by atoms with van der Waals surface area (Å²) in [5, 5.41) is 3.64. The molecule has 0 saturated carbocycles. The summed E-state index contributed by atoms with van der Waals surface area (Å²) in [6.07, 6.45) is 0. The maximum Gasteiger partial charge on any atom is 0.291 e. The Morgan fingerprint density at radius 2 is 1.58 bits per heavy atom. The SMILES string of the molecule is COn1c(-c2ccccc2)c(-c2cccs2)c2ccccc2c1=O. The molecule has 0 amide bonds. The van der Waals surface area contributed by atoms with Gasteiger partial charge < -0.3 is 4.84 Å². The molecule has 0 aliphatic heterocycles. The standard InChI is InChI=1S/C20H15NO2S/c1-23-21-19(14-8-3-2-4-9-14)18(17-12-7-13-24-17)15-10-5-6-11-16(15)20(21)22/h2-13H,1H3. The van der Waals surface area contributed by atoms with Gasteiger partial charge in [0, 0.05) is 16.0 Å². The highest BCUT2D eigenvalue weighted by Crippen LogP contribution is 2.38. The minimum atomic E-state index is -0.146. The van der Waals surface area contributed by atoms with Crippen LogP contribution in [0.2, 0.25) is 0 Å². The number of benzene rings is 2. The van der Waals surface area contributed by atoms with Crippen molar-refractivity contribution in [2.45, 2.75) is 0 Å². The molecule has 24 heavy (non-hydrogen) atoms. The molecule has 2 aromatic heterocycles. The summed E-state index contributed by atoms with van der Waals surface area (Å²) < 4.78 is 1.40. The van der Waals surface area contributed by atoms with Crippen molar-refractivity contribution in [3.05, 3.63) is 82.5 Å². The maximum absolute atomic E-state index is 12.9. The van der Waals surface area contributed by atoms with Gasteiger partial charge in [-0.3, -0.25) is 4.79 Å². The van der Waals surface area contributed by atoms with E-state index in [1.165, 1.54) is 11.8 Å². The average Bonchev–Trinajstić information content (AvgIpc) is 3.16. The number of aromatic nitrogens is 1. The van der Waals surface area contributed by atoms with Gasteiger partial charge in [0.1, 0.15) is 12.8 Å². The lowest BCUT2D eigenvalue weighted by molar-refractivity contribution is 0.163. The van der Waals surface area contributed by atoms with Gasteiger partial charge in [-0.2, -0.15) is 0 Å². The molecule has 0 fully saturated rings. The second-order valence-electron chi connectivity index (χ2n) is 5.39. The molecule has 118 valence electrons. The fraction of sp³-hybridized carbons (Fsp3) is 0.0500. The predicted molar refractivity (Wildman–Crippen MR) is 99.5 cm³/mol. The summed E-state index contributed by atoms with van der Waals surface area (Å²) in [4.78, 5) is 19.5. The smallest absolute Gasteiger partial charge is 0.291 e. The summed E-state index contributed by atoms with van der Waals surface area (Å²) in [5.41, 5.74) is 2.61. The third-order valence-electron chi connectivity index (χ3n) is 4.05. The van der Waals surface area contributed by atoms with Gasteiger partial charge >= 0.3 is 0 Å². The van der Waals surface area contributed by atoms with E-state index in [0.29, 0.717) is 5.39 Å². The van der Waals surface area contributed by atoms with Crippen LogP contribution in [0.4, 0.5) is 0 Å². The largest absolute Gasteiger partial charge is 0.413 e. The molecule has 2 aromatic carbocycles. The lowest BCUT2D eigenvalue weighted by atomic mass is 9.98. The fourth-order valence-electron chi connectivity index (χ4n) is 3.03. The van der Waals surface area contributed by atoms with Crippen LogP contribution in [0.5, 0.6) is 0 Å². The summed E-state index contributed by atoms with van der Waals surface area (Å²) in [6, 6.07) is 21.7. The van der Waals surface area contributed by atoms with Gasteiger partial charge in [0.15, 0.2) is 0 Å². The van der Waals surface area contributed by atoms with E-state index in [1.54, 1.807) is 11.3 Å². The normalized spacial score (nSPS) is 10.9. The molecular formula is C20H15NO2S. The van der Waals surface area contributed by atoms with Crippen LogP contribution in [0.1, 0.15) is 0 Å². The monoisotopic (exact) mass is 333 g/mol. The zero-order valence-corrected chi connectivity index (χ0v) is 13.9. The highest BCUT2D eigenvalue weighted by atomic mass is 32.1. The van der Waals surface area contributed by atoms with E-state index in [1.807, 2.05) is 66.0 Å². The van der Waals surface area contributed by atoms with Crippen LogP contribution in [0.15, 0.2) is 76.9 Å². The van der Waals surface area contributed by atoms with E-state index in [4.69, 9.17) is 4.84 Å². The third-order valence-corrected chi connectivity index (χ3v) is 4.94. The number of hydrogen-bond donors (Lipinski definition) is 0. The predicted octanol–water partition coefficient (Wildman–Crippen LogP) is 4.46. The number of thiophene rings is 1. The number of nitrogens with zero attached hydrogens (tertiary/aromatic N) is 1. The number of fused-ring (bicyclic) bond motifs is 1. The van der Waals surface area contributed by atoms with Gasteiger partial charge in [0.25, 0.3) is 5.56 Å². The quantitative estimate of drug-likeness (QED) is 0.554. The molecular weight excluding hydrogens is 318 g/mol. The fourth-order valence-corrected chi connectivity index (χ4v) is 3.82. The first-order chi connectivity index (χ1) is 11.8. The number of hydrogen-bond acceptors (Lipinski definition) is 3. The van der Waals surface area contributed by atoms with Crippen molar-refractivity contribution < 1.29 is 4.84 Å². The summed E-state index contributed by atoms with van der Waals surface area (Å²) in [7, 11) is 1.53. The first-order valence-electron chi connectivity index (χ1n) is 7.63. The van der Waals surface area contributed by atoms with Crippen molar-refractivity contribution in [1.29, 1.82) is 0 Å². The summed E-state index contributed by atoms with van der Waals surface area (Å²) in [6.45, 7) is 0. The molecule has 0 unspecified atom stereocenters. The lowest BCUT2D eigenvalue weighted by Crippen LogP contribution is -2.27. The molecule has 0 N–H and O–H groups in total. The molecule has 0 bridgehead atoms. The van der Waals surface area contributed by atoms with Crippen LogP contribution in [0.25, 0.3) is 32.5 Å². The molecule has 4 heteroatoms. The van der Waals surface area contributed by atoms with Gasteiger partial charge in [-0.1, -0.05) is 54.6 Å². The van der Waals surface area contributed by atoms with E-state index < -0.39 is 0 Å². The second kappa shape index (κ2) is 5.98. The Morgan fingerprint density at radius 3 is 2.25 bits per heavy atom. The Kier molecular flexibility index (Phi) is 3.67. The zero-order valence-electron chi connectivity index (χ0n) is 13.1. The van der Waals surface area contributed by atoms with Gasteiger partial charge in [-0.05, 0) is 22.9 Å². The molecule has 0 radical (unpaired) electrons. The molecule has 0 aliphatic rings. The minimum absolute atomic E-state index is 0.146. The van der Waals surface area contributed by atoms with Crippen LogP contribution in [0, 0.1) is 0 Å². The Bertz CT molecular complexity index is 1050. The summed E-state index contributed by atoms with van der Waals surface area (Å²) >= 11 is 1.65. The van der Waals surface area contributed by atoms with E-state index in [0.717, 1.165) is 27.1 Å². The van der Waals surface area contributed by atoms with Crippen molar-refractivity contribution in [2.75, 3.05) is 7.11 Å². The first kappa shape index (κ1) is 14.7. The molecule has 0 spiro atoms. The Hall–Kier alpha value is -2.85. The van der Waals surface area contributed by atoms with Crippen LogP contribution in [0.3, 0.4) is 0 Å². The highest BCUT2D eigenvalue weighted by molar-refractivity contribution is 7.13. The molecule has 4 aromatic rings. The average molecular weight is 333 g/mol. The summed E-state index contributed by atoms with van der Waals surface area (Å²) in [5.74, 6) is 0. The van der Waals surface area contributed by atoms with Gasteiger partial charge in [0.2, 0.25) is 0 Å². The molecule has 2 heterocycles. The molecule has 0 saturated heterocycles. The van der Waals surface area contributed by atoms with E-state index in [2.05, 4.69) is 6.07 Å². The highest BCUT2D eigenvalue weighted by Gasteiger charge is 2.20. The molecule has 3 nitrogen and oxygen atoms in total. The van der Waals surface area contributed by atoms with Crippen molar-refractivity contribution in [3.63, 3.8) is 0 Å². The van der Waals surface area contributed by atoms with E-state index in [-0.39, 0.29) is 5.56 Å². The van der Waals surface area contributed by atoms with Crippen molar-refractivity contribution in [2.24, 2.45) is 0 Å². The van der Waals surface area contributed by atoms with Crippen LogP contribution in [-0.2, 0) is 0 Å². The van der Waals surface area contributed by atoms with E-state index in [9.17, 15) is 4.79 Å². The topological polar surface area (TPSA) is 31.2 Å². The third kappa shape index (κ3) is 2.23. The van der Waals surface area contributed by atoms with Crippen molar-refractivity contribution in [1.82, 2.24) is 4.73 Å². The van der Waals surface area contributed by atoms with Crippen LogP contribution >= 0.6 is 11.3 Å². The molecule has 0 aliphatic carbocycles. The number of rotatable bonds is 3. The van der Waals surface area contributed by atoms with Crippen LogP contribution < -0.4 is 10.4 Å². The van der Waals surface area contributed by atoms with Gasteiger partial charge in [-0.25, -0.2) is 0 Å². The molecule has 4 rings (SSSR count). The Morgan fingerprint density at radius 1 is 0.875 bits per heavy atom. The van der Waals surface area contributed by atoms with E-state index >= 15 is 0 Å². The Balaban J connectivity index is 2.24.